The molecule has 0 aliphatic rings. The van der Waals surface area contributed by atoms with Gasteiger partial charge in [-0.3, -0.25) is 15.2 Å². The molecule has 0 aliphatic heterocycles. The zero-order valence-corrected chi connectivity index (χ0v) is 8.69. The highest BCUT2D eigenvalue weighted by Gasteiger charge is 2.14. The molecule has 0 spiro atoms. The number of nitrogen functional groups attached to an aromatic ring is 1. The fourth-order valence-corrected chi connectivity index (χ4v) is 1.37. The molecule has 4 N–H and O–H groups in total. The Hall–Kier alpha value is -2.21. The number of aromatic nitrogens is 3. The van der Waals surface area contributed by atoms with Crippen LogP contribution in [-0.2, 0) is 0 Å². The highest BCUT2D eigenvalue weighted by atomic mass is 16.2. The van der Waals surface area contributed by atoms with Gasteiger partial charge >= 0.3 is 0 Å². The van der Waals surface area contributed by atoms with Crippen LogP contribution in [0.5, 0.6) is 0 Å². The van der Waals surface area contributed by atoms with Crippen molar-refractivity contribution in [3.63, 3.8) is 0 Å². The Morgan fingerprint density at radius 3 is 2.94 bits per heavy atom. The molecule has 0 aliphatic carbocycles. The number of nitrogens with zero attached hydrogens (tertiary/aromatic N) is 2. The third-order valence-electron chi connectivity index (χ3n) is 2.14. The molecule has 82 valence electrons. The number of hydrazine groups is 1. The first-order valence-electron chi connectivity index (χ1n) is 4.71. The number of aryl methyl sites for hydroxylation is 1. The summed E-state index contributed by atoms with van der Waals surface area (Å²) in [4.78, 5) is 22.6. The lowest BCUT2D eigenvalue weighted by Gasteiger charge is -1.94. The van der Waals surface area contributed by atoms with E-state index in [-0.39, 0.29) is 5.69 Å². The number of nitrogens with two attached hydrogens (primary N) is 1. The van der Waals surface area contributed by atoms with Crippen molar-refractivity contribution in [2.75, 3.05) is 0 Å². The average molecular weight is 217 g/mol. The van der Waals surface area contributed by atoms with Crippen LogP contribution in [0.3, 0.4) is 0 Å². The van der Waals surface area contributed by atoms with Gasteiger partial charge in [0.25, 0.3) is 5.91 Å². The van der Waals surface area contributed by atoms with E-state index in [2.05, 4.69) is 15.0 Å². The Kier molecular flexibility index (Phi) is 2.65. The molecule has 2 rings (SSSR count). The second kappa shape index (κ2) is 4.11. The van der Waals surface area contributed by atoms with E-state index < -0.39 is 5.91 Å². The minimum Gasteiger partial charge on any atom is -0.340 e. The third-order valence-corrected chi connectivity index (χ3v) is 2.14. The van der Waals surface area contributed by atoms with Crippen LogP contribution >= 0.6 is 0 Å². The molecule has 0 aromatic carbocycles. The Morgan fingerprint density at radius 1 is 1.50 bits per heavy atom. The van der Waals surface area contributed by atoms with Gasteiger partial charge in [-0.2, -0.15) is 0 Å². The summed E-state index contributed by atoms with van der Waals surface area (Å²) in [6.07, 6.45) is 1.66. The SMILES string of the molecule is Cc1[nH]c(-c2ccccn2)nc1C(=O)NN. The number of amides is 1. The van der Waals surface area contributed by atoms with Gasteiger partial charge in [0.1, 0.15) is 5.69 Å². The average Bonchev–Trinajstić information content (AvgIpc) is 2.71. The van der Waals surface area contributed by atoms with Crippen molar-refractivity contribution in [2.24, 2.45) is 5.84 Å². The predicted octanol–water partition coefficient (Wildman–Crippen LogP) is 0.384. The molecule has 0 unspecified atom stereocenters. The van der Waals surface area contributed by atoms with Gasteiger partial charge in [-0.15, -0.1) is 0 Å². The molecule has 0 saturated carbocycles. The van der Waals surface area contributed by atoms with Crippen LogP contribution in [0, 0.1) is 6.92 Å². The molecule has 0 fully saturated rings. The number of carbonyl (C=O) groups is 1. The number of hydrogen-bond donors (Lipinski definition) is 3. The maximum absolute atomic E-state index is 11.3. The van der Waals surface area contributed by atoms with Gasteiger partial charge in [0.15, 0.2) is 11.5 Å². The molecule has 1 amide bonds. The summed E-state index contributed by atoms with van der Waals surface area (Å²) in [6, 6.07) is 5.47. The van der Waals surface area contributed by atoms with Gasteiger partial charge in [-0.05, 0) is 19.1 Å². The molecular weight excluding hydrogens is 206 g/mol. The maximum atomic E-state index is 11.3. The molecule has 6 heteroatoms. The van der Waals surface area contributed by atoms with E-state index in [1.807, 2.05) is 23.6 Å². The van der Waals surface area contributed by atoms with Crippen molar-refractivity contribution in [1.29, 1.82) is 0 Å². The van der Waals surface area contributed by atoms with Gasteiger partial charge in [-0.1, -0.05) is 6.07 Å². The fraction of sp³-hybridized carbons (Fsp3) is 0.100. The molecule has 0 atom stereocenters. The number of carbonyl (C=O) groups excluding carboxylic acids is 1. The Labute approximate surface area is 91.9 Å². The van der Waals surface area contributed by atoms with Crippen molar-refractivity contribution >= 4 is 5.91 Å². The molecule has 16 heavy (non-hydrogen) atoms. The van der Waals surface area contributed by atoms with Crippen molar-refractivity contribution in [1.82, 2.24) is 20.4 Å². The van der Waals surface area contributed by atoms with Gasteiger partial charge in [0.2, 0.25) is 0 Å². The van der Waals surface area contributed by atoms with E-state index in [9.17, 15) is 4.79 Å². The number of rotatable bonds is 2. The maximum Gasteiger partial charge on any atom is 0.285 e. The summed E-state index contributed by atoms with van der Waals surface area (Å²) in [7, 11) is 0. The zero-order valence-electron chi connectivity index (χ0n) is 8.69. The summed E-state index contributed by atoms with van der Waals surface area (Å²) in [5.41, 5.74) is 3.66. The quantitative estimate of drug-likeness (QED) is 0.385. The lowest BCUT2D eigenvalue weighted by Crippen LogP contribution is -2.30. The molecule has 2 heterocycles. The van der Waals surface area contributed by atoms with Gasteiger partial charge in [0.05, 0.1) is 0 Å². The minimum atomic E-state index is -0.420. The van der Waals surface area contributed by atoms with Gasteiger partial charge < -0.3 is 4.98 Å². The van der Waals surface area contributed by atoms with Gasteiger partial charge in [0, 0.05) is 11.9 Å². The number of pyridine rings is 1. The summed E-state index contributed by atoms with van der Waals surface area (Å²) in [5.74, 6) is 5.18. The number of nitrogens with one attached hydrogen (secondary N) is 2. The van der Waals surface area contributed by atoms with E-state index in [0.717, 1.165) is 0 Å². The fourth-order valence-electron chi connectivity index (χ4n) is 1.37. The van der Waals surface area contributed by atoms with E-state index in [4.69, 9.17) is 5.84 Å². The molecular formula is C10H11N5O. The molecule has 0 bridgehead atoms. The Balaban J connectivity index is 2.42. The second-order valence-electron chi connectivity index (χ2n) is 3.25. The second-order valence-corrected chi connectivity index (χ2v) is 3.25. The van der Waals surface area contributed by atoms with Crippen LogP contribution in [0.15, 0.2) is 24.4 Å². The van der Waals surface area contributed by atoms with Crippen LogP contribution in [0.1, 0.15) is 16.2 Å². The van der Waals surface area contributed by atoms with E-state index in [1.165, 1.54) is 0 Å². The highest BCUT2D eigenvalue weighted by Crippen LogP contribution is 2.14. The standard InChI is InChI=1S/C10H11N5O/c1-6-8(10(16)15-11)14-9(13-6)7-4-2-3-5-12-7/h2-5H,11H2,1H3,(H,13,14)(H,15,16). The van der Waals surface area contributed by atoms with Crippen molar-refractivity contribution in [3.8, 4) is 11.5 Å². The molecule has 2 aromatic heterocycles. The Morgan fingerprint density at radius 2 is 2.31 bits per heavy atom. The lowest BCUT2D eigenvalue weighted by atomic mass is 10.3. The first-order valence-corrected chi connectivity index (χ1v) is 4.71. The third kappa shape index (κ3) is 1.78. The van der Waals surface area contributed by atoms with Crippen molar-refractivity contribution in [2.45, 2.75) is 6.92 Å². The van der Waals surface area contributed by atoms with Crippen LogP contribution in [0.25, 0.3) is 11.5 Å². The largest absolute Gasteiger partial charge is 0.340 e. The van der Waals surface area contributed by atoms with Crippen LogP contribution in [0.4, 0.5) is 0 Å². The summed E-state index contributed by atoms with van der Waals surface area (Å²) in [5, 5.41) is 0. The number of imidazole rings is 1. The first-order chi connectivity index (χ1) is 7.72. The Bertz CT molecular complexity index is 505. The zero-order chi connectivity index (χ0) is 11.5. The minimum absolute atomic E-state index is 0.281. The summed E-state index contributed by atoms with van der Waals surface area (Å²) < 4.78 is 0. The molecule has 0 saturated heterocycles. The molecule has 2 aromatic rings. The predicted molar refractivity (Wildman–Crippen MR) is 58.2 cm³/mol. The number of aromatic amines is 1. The highest BCUT2D eigenvalue weighted by molar-refractivity contribution is 5.93. The number of H-pyrrole nitrogens is 1. The monoisotopic (exact) mass is 217 g/mol. The molecule has 6 nitrogen and oxygen atoms in total. The van der Waals surface area contributed by atoms with Crippen LogP contribution in [0.2, 0.25) is 0 Å². The molecule has 0 radical (unpaired) electrons. The van der Waals surface area contributed by atoms with Crippen LogP contribution in [-0.4, -0.2) is 20.9 Å². The number of hydrogen-bond acceptors (Lipinski definition) is 4. The summed E-state index contributed by atoms with van der Waals surface area (Å²) >= 11 is 0. The van der Waals surface area contributed by atoms with Crippen molar-refractivity contribution < 1.29 is 4.79 Å². The topological polar surface area (TPSA) is 96.7 Å². The summed E-state index contributed by atoms with van der Waals surface area (Å²) in [6.45, 7) is 1.75. The van der Waals surface area contributed by atoms with E-state index in [0.29, 0.717) is 17.2 Å². The van der Waals surface area contributed by atoms with Crippen molar-refractivity contribution in [3.05, 3.63) is 35.8 Å². The normalized spacial score (nSPS) is 10.1. The van der Waals surface area contributed by atoms with E-state index in [1.54, 1.807) is 13.1 Å². The van der Waals surface area contributed by atoms with Gasteiger partial charge in [-0.25, -0.2) is 10.8 Å². The first kappa shape index (κ1) is 10.3. The smallest absolute Gasteiger partial charge is 0.285 e. The lowest BCUT2D eigenvalue weighted by molar-refractivity contribution is 0.0948. The van der Waals surface area contributed by atoms with E-state index >= 15 is 0 Å². The van der Waals surface area contributed by atoms with Crippen LogP contribution < -0.4 is 11.3 Å².